The summed E-state index contributed by atoms with van der Waals surface area (Å²) in [7, 11) is 0. The average molecular weight is 572 g/mol. The van der Waals surface area contributed by atoms with Crippen molar-refractivity contribution in [3.8, 4) is 5.75 Å². The molecule has 1 saturated carbocycles. The summed E-state index contributed by atoms with van der Waals surface area (Å²) in [6.45, 7) is 0. The molecule has 0 aromatic heterocycles. The van der Waals surface area contributed by atoms with Gasteiger partial charge in [0.1, 0.15) is 19.0 Å². The maximum atomic E-state index is 9.20. The van der Waals surface area contributed by atoms with E-state index in [0.717, 1.165) is 0 Å². The second kappa shape index (κ2) is 17.0. The fourth-order valence-electron chi connectivity index (χ4n) is 2.36. The van der Waals surface area contributed by atoms with Crippen molar-refractivity contribution in [3.63, 3.8) is 0 Å². The maximum absolute atomic E-state index is 9.20. The smallest absolute Gasteiger partial charge is 0.155 e. The SMILES string of the molecule is C1CCCCCCCCC1.ClC(Cl)=C(Cl)Cl.Oc1c(Cl)c(Cl)c(Cl)c(Cl)c1Cl. The van der Waals surface area contributed by atoms with Gasteiger partial charge in [0, 0.05) is 0 Å². The standard InChI is InChI=1S/C10H20.C6HCl5O.C2Cl4/c1-2-4-6-8-10-9-7-5-3-1;7-1-2(8)4(10)6(12)5(11)3(1)9;3-1(4)2(5)6/h1-10H2;12H;. The molecule has 1 nitrogen and oxygen atoms in total. The van der Waals surface area contributed by atoms with Crippen LogP contribution < -0.4 is 0 Å². The fraction of sp³-hybridized carbons (Fsp3) is 0.556. The van der Waals surface area contributed by atoms with Gasteiger partial charge < -0.3 is 5.11 Å². The molecule has 28 heavy (non-hydrogen) atoms. The number of benzene rings is 1. The summed E-state index contributed by atoms with van der Waals surface area (Å²) in [6.07, 6.45) is 15.0. The van der Waals surface area contributed by atoms with E-state index >= 15 is 0 Å². The molecule has 0 bridgehead atoms. The molecule has 1 N–H and O–H groups in total. The highest BCUT2D eigenvalue weighted by Crippen LogP contribution is 2.47. The highest BCUT2D eigenvalue weighted by Gasteiger charge is 2.18. The molecule has 1 aromatic carbocycles. The summed E-state index contributed by atoms with van der Waals surface area (Å²) in [5.41, 5.74) is 0. The van der Waals surface area contributed by atoms with Gasteiger partial charge in [0.05, 0.1) is 15.1 Å². The quantitative estimate of drug-likeness (QED) is 0.242. The summed E-state index contributed by atoms with van der Waals surface area (Å²) < 4.78 is -0.198. The minimum atomic E-state index is -0.363. The van der Waals surface area contributed by atoms with E-state index in [9.17, 15) is 5.11 Å². The van der Waals surface area contributed by atoms with Crippen molar-refractivity contribution < 1.29 is 5.11 Å². The Morgan fingerprint density at radius 1 is 0.429 bits per heavy atom. The van der Waals surface area contributed by atoms with Crippen molar-refractivity contribution in [2.75, 3.05) is 0 Å². The van der Waals surface area contributed by atoms with E-state index in [1.165, 1.54) is 64.2 Å². The van der Waals surface area contributed by atoms with Crippen LogP contribution >= 0.6 is 104 Å². The first-order valence-corrected chi connectivity index (χ1v) is 12.1. The largest absolute Gasteiger partial charge is 0.505 e. The summed E-state index contributed by atoms with van der Waals surface area (Å²) in [4.78, 5) is 0. The summed E-state index contributed by atoms with van der Waals surface area (Å²) in [5, 5.41) is 9.01. The van der Waals surface area contributed by atoms with Crippen LogP contribution in [-0.4, -0.2) is 5.11 Å². The second-order valence-electron chi connectivity index (χ2n) is 5.97. The molecule has 0 amide bonds. The van der Waals surface area contributed by atoms with Gasteiger partial charge in [0.25, 0.3) is 0 Å². The lowest BCUT2D eigenvalue weighted by Crippen LogP contribution is -1.85. The minimum Gasteiger partial charge on any atom is -0.505 e. The molecule has 0 saturated heterocycles. The van der Waals surface area contributed by atoms with Crippen LogP contribution in [0.4, 0.5) is 0 Å². The molecule has 2 rings (SSSR count). The van der Waals surface area contributed by atoms with Gasteiger partial charge in [-0.15, -0.1) is 0 Å². The topological polar surface area (TPSA) is 20.2 Å². The Bertz CT molecular complexity index is 476. The van der Waals surface area contributed by atoms with Gasteiger partial charge >= 0.3 is 0 Å². The molecule has 0 spiro atoms. The average Bonchev–Trinajstić information content (AvgIpc) is 2.68. The zero-order valence-corrected chi connectivity index (χ0v) is 21.7. The van der Waals surface area contributed by atoms with E-state index < -0.39 is 0 Å². The number of hydrogen-bond donors (Lipinski definition) is 1. The predicted octanol–water partition coefficient (Wildman–Crippen LogP) is 11.6. The van der Waals surface area contributed by atoms with Crippen molar-refractivity contribution in [2.45, 2.75) is 64.2 Å². The first-order chi connectivity index (χ1) is 13.1. The Labute approximate surface area is 212 Å². The molecule has 1 aliphatic rings. The third kappa shape index (κ3) is 12.3. The van der Waals surface area contributed by atoms with Crippen LogP contribution in [0.1, 0.15) is 64.2 Å². The van der Waals surface area contributed by atoms with Crippen LogP contribution in [0.15, 0.2) is 8.98 Å². The molecule has 1 aliphatic carbocycles. The molecule has 0 heterocycles. The zero-order valence-electron chi connectivity index (χ0n) is 14.9. The van der Waals surface area contributed by atoms with Crippen LogP contribution in [-0.2, 0) is 0 Å². The Kier molecular flexibility index (Phi) is 17.8. The van der Waals surface area contributed by atoms with Crippen molar-refractivity contribution >= 4 is 104 Å². The Morgan fingerprint density at radius 3 is 0.786 bits per heavy atom. The molecule has 10 heteroatoms. The number of phenols is 1. The Hall–Kier alpha value is 1.37. The van der Waals surface area contributed by atoms with Crippen LogP contribution in [0, 0.1) is 0 Å². The van der Waals surface area contributed by atoms with E-state index in [1.54, 1.807) is 0 Å². The van der Waals surface area contributed by atoms with Gasteiger partial charge in [-0.3, -0.25) is 0 Å². The maximum Gasteiger partial charge on any atom is 0.155 e. The van der Waals surface area contributed by atoms with Gasteiger partial charge in [-0.25, -0.2) is 0 Å². The Balaban J connectivity index is 0.000000414. The van der Waals surface area contributed by atoms with Crippen LogP contribution in [0.2, 0.25) is 25.1 Å². The number of phenolic OH excluding ortho intramolecular Hbond substituents is 1. The van der Waals surface area contributed by atoms with Gasteiger partial charge in [-0.1, -0.05) is 169 Å². The minimum absolute atomic E-state index is 0.00904. The van der Waals surface area contributed by atoms with Gasteiger partial charge in [-0.2, -0.15) is 0 Å². The van der Waals surface area contributed by atoms with Crippen molar-refractivity contribution in [1.29, 1.82) is 0 Å². The molecular weight excluding hydrogens is 551 g/mol. The van der Waals surface area contributed by atoms with E-state index in [2.05, 4.69) is 0 Å². The number of halogens is 9. The predicted molar refractivity (Wildman–Crippen MR) is 130 cm³/mol. The molecule has 0 atom stereocenters. The lowest BCUT2D eigenvalue weighted by Gasteiger charge is -2.06. The first kappa shape index (κ1) is 29.4. The van der Waals surface area contributed by atoms with Crippen molar-refractivity contribution in [2.24, 2.45) is 0 Å². The summed E-state index contributed by atoms with van der Waals surface area (Å²) >= 11 is 47.9. The normalized spacial score (nSPS) is 14.8. The van der Waals surface area contributed by atoms with Gasteiger partial charge in [-0.05, 0) is 0 Å². The molecule has 0 radical (unpaired) electrons. The molecule has 0 unspecified atom stereocenters. The summed E-state index contributed by atoms with van der Waals surface area (Å²) in [6, 6.07) is 0. The molecule has 1 aromatic rings. The highest BCUT2D eigenvalue weighted by molar-refractivity contribution is 6.67. The third-order valence-corrected chi connectivity index (χ3v) is 7.23. The number of aromatic hydroxyl groups is 1. The molecule has 162 valence electrons. The van der Waals surface area contributed by atoms with Crippen LogP contribution in [0.25, 0.3) is 0 Å². The zero-order chi connectivity index (χ0) is 21.7. The summed E-state index contributed by atoms with van der Waals surface area (Å²) in [5.74, 6) is -0.363. The second-order valence-corrected chi connectivity index (χ2v) is 9.76. The van der Waals surface area contributed by atoms with E-state index in [1.807, 2.05) is 0 Å². The monoisotopic (exact) mass is 568 g/mol. The van der Waals surface area contributed by atoms with E-state index in [4.69, 9.17) is 104 Å². The highest BCUT2D eigenvalue weighted by atomic mass is 35.5. The third-order valence-electron chi connectivity index (χ3n) is 3.83. The Morgan fingerprint density at radius 2 is 0.607 bits per heavy atom. The van der Waals surface area contributed by atoms with Gasteiger partial charge in [0.2, 0.25) is 0 Å². The number of hydrogen-bond acceptors (Lipinski definition) is 1. The van der Waals surface area contributed by atoms with Crippen molar-refractivity contribution in [1.82, 2.24) is 0 Å². The van der Waals surface area contributed by atoms with E-state index in [0.29, 0.717) is 0 Å². The van der Waals surface area contributed by atoms with Crippen LogP contribution in [0.3, 0.4) is 0 Å². The van der Waals surface area contributed by atoms with Crippen molar-refractivity contribution in [3.05, 3.63) is 34.1 Å². The fourth-order valence-corrected chi connectivity index (χ4v) is 3.49. The molecule has 1 fully saturated rings. The number of rotatable bonds is 0. The van der Waals surface area contributed by atoms with Crippen LogP contribution in [0.5, 0.6) is 5.75 Å². The lowest BCUT2D eigenvalue weighted by molar-refractivity contribution is 0.476. The lowest BCUT2D eigenvalue weighted by atomic mass is 10.0. The van der Waals surface area contributed by atoms with E-state index in [-0.39, 0.29) is 39.8 Å². The van der Waals surface area contributed by atoms with Gasteiger partial charge in [0.15, 0.2) is 5.75 Å². The molecular formula is C18H21Cl9O. The first-order valence-electron chi connectivity index (χ1n) is 8.67. The molecule has 0 aliphatic heterocycles.